The second-order valence-electron chi connectivity index (χ2n) is 4.87. The first-order valence-corrected chi connectivity index (χ1v) is 8.16. The highest BCUT2D eigenvalue weighted by atomic mass is 32.2. The zero-order valence-corrected chi connectivity index (χ0v) is 12.0. The summed E-state index contributed by atoms with van der Waals surface area (Å²) in [6.07, 6.45) is 1.10. The molecule has 0 aliphatic rings. The van der Waals surface area contributed by atoms with Crippen molar-refractivity contribution in [2.75, 3.05) is 11.0 Å². The van der Waals surface area contributed by atoms with Gasteiger partial charge in [-0.05, 0) is 42.0 Å². The molecule has 2 N–H and O–H groups in total. The quantitative estimate of drug-likeness (QED) is 0.779. The summed E-state index contributed by atoms with van der Waals surface area (Å²) in [5.74, 6) is -0.277. The van der Waals surface area contributed by atoms with E-state index in [0.29, 0.717) is 5.69 Å². The molecule has 1 aromatic heterocycles. The third-order valence-electron chi connectivity index (χ3n) is 3.08. The molecule has 2 aromatic carbocycles. The van der Waals surface area contributed by atoms with Crippen molar-refractivity contribution in [1.29, 1.82) is 0 Å². The maximum atomic E-state index is 13.2. The number of fused-ring (bicyclic) bond motifs is 1. The molecule has 3 aromatic rings. The Morgan fingerprint density at radius 1 is 1.05 bits per heavy atom. The van der Waals surface area contributed by atoms with Crippen molar-refractivity contribution in [2.24, 2.45) is 0 Å². The van der Waals surface area contributed by atoms with Crippen molar-refractivity contribution >= 4 is 26.6 Å². The fourth-order valence-electron chi connectivity index (χ4n) is 2.19. The largest absolute Gasteiger partial charge is 0.355 e. The van der Waals surface area contributed by atoms with Crippen LogP contribution >= 0.6 is 0 Å². The summed E-state index contributed by atoms with van der Waals surface area (Å²) in [6.45, 7) is 0. The third-order valence-corrected chi connectivity index (χ3v) is 3.69. The van der Waals surface area contributed by atoms with Crippen molar-refractivity contribution in [3.8, 4) is 11.3 Å². The Morgan fingerprint density at radius 3 is 2.43 bits per heavy atom. The maximum Gasteiger partial charge on any atom is 0.229 e. The van der Waals surface area contributed by atoms with E-state index in [-0.39, 0.29) is 5.82 Å². The van der Waals surface area contributed by atoms with Gasteiger partial charge in [-0.2, -0.15) is 0 Å². The Kier molecular flexibility index (Phi) is 3.17. The smallest absolute Gasteiger partial charge is 0.229 e. The molecular formula is C15H13FN2O2S. The number of rotatable bonds is 3. The van der Waals surface area contributed by atoms with Crippen LogP contribution in [0.2, 0.25) is 0 Å². The van der Waals surface area contributed by atoms with Crippen molar-refractivity contribution < 1.29 is 12.8 Å². The Hall–Kier alpha value is -2.34. The van der Waals surface area contributed by atoms with Gasteiger partial charge in [-0.15, -0.1) is 0 Å². The van der Waals surface area contributed by atoms with Gasteiger partial charge >= 0.3 is 0 Å². The monoisotopic (exact) mass is 304 g/mol. The van der Waals surface area contributed by atoms with E-state index in [0.717, 1.165) is 28.4 Å². The summed E-state index contributed by atoms with van der Waals surface area (Å²) in [7, 11) is -3.28. The first kappa shape index (κ1) is 13.6. The lowest BCUT2D eigenvalue weighted by Gasteiger charge is -2.04. The normalized spacial score (nSPS) is 11.7. The van der Waals surface area contributed by atoms with Gasteiger partial charge in [0.25, 0.3) is 0 Å². The second kappa shape index (κ2) is 4.89. The number of hydrogen-bond acceptors (Lipinski definition) is 2. The lowest BCUT2D eigenvalue weighted by atomic mass is 10.1. The van der Waals surface area contributed by atoms with Crippen molar-refractivity contribution in [2.45, 2.75) is 0 Å². The van der Waals surface area contributed by atoms with Crippen LogP contribution < -0.4 is 4.72 Å². The lowest BCUT2D eigenvalue weighted by Crippen LogP contribution is -2.09. The number of aromatic nitrogens is 1. The summed E-state index contributed by atoms with van der Waals surface area (Å²) in [6, 6.07) is 13.4. The van der Waals surface area contributed by atoms with Gasteiger partial charge in [-0.25, -0.2) is 12.8 Å². The number of sulfonamides is 1. The van der Waals surface area contributed by atoms with Gasteiger partial charge in [0.05, 0.1) is 6.26 Å². The molecule has 0 aliphatic carbocycles. The summed E-state index contributed by atoms with van der Waals surface area (Å²) >= 11 is 0. The topological polar surface area (TPSA) is 62.0 Å². The molecule has 0 amide bonds. The van der Waals surface area contributed by atoms with Gasteiger partial charge in [0.1, 0.15) is 5.82 Å². The van der Waals surface area contributed by atoms with Crippen molar-refractivity contribution in [3.63, 3.8) is 0 Å². The molecule has 4 nitrogen and oxygen atoms in total. The molecule has 21 heavy (non-hydrogen) atoms. The molecule has 0 fully saturated rings. The second-order valence-corrected chi connectivity index (χ2v) is 6.61. The van der Waals surface area contributed by atoms with Crippen LogP contribution in [0.25, 0.3) is 22.2 Å². The predicted molar refractivity (Wildman–Crippen MR) is 82.2 cm³/mol. The maximum absolute atomic E-state index is 13.2. The van der Waals surface area contributed by atoms with Crippen LogP contribution in [-0.4, -0.2) is 19.7 Å². The van der Waals surface area contributed by atoms with Gasteiger partial charge in [0.15, 0.2) is 0 Å². The van der Waals surface area contributed by atoms with E-state index in [2.05, 4.69) is 9.71 Å². The van der Waals surface area contributed by atoms with Crippen LogP contribution in [-0.2, 0) is 10.0 Å². The van der Waals surface area contributed by atoms with Crippen molar-refractivity contribution in [1.82, 2.24) is 4.98 Å². The van der Waals surface area contributed by atoms with E-state index in [4.69, 9.17) is 0 Å². The highest BCUT2D eigenvalue weighted by Gasteiger charge is 2.06. The average molecular weight is 304 g/mol. The number of benzene rings is 2. The lowest BCUT2D eigenvalue weighted by molar-refractivity contribution is 0.607. The standard InChI is InChI=1S/C15H13FN2O2S/c1-21(19,20)18-13-5-2-10(3-6-13)15-9-11-8-12(16)4-7-14(11)17-15/h2-9,17-18H,1H3. The molecule has 0 radical (unpaired) electrons. The first-order valence-electron chi connectivity index (χ1n) is 6.27. The first-order chi connectivity index (χ1) is 9.90. The van der Waals surface area contributed by atoms with Crippen LogP contribution in [0.5, 0.6) is 0 Å². The van der Waals surface area contributed by atoms with E-state index in [1.54, 1.807) is 30.3 Å². The molecule has 0 saturated carbocycles. The molecule has 0 bridgehead atoms. The summed E-state index contributed by atoms with van der Waals surface area (Å²) in [5, 5.41) is 0.795. The minimum Gasteiger partial charge on any atom is -0.355 e. The highest BCUT2D eigenvalue weighted by Crippen LogP contribution is 2.25. The number of H-pyrrole nitrogens is 1. The molecular weight excluding hydrogens is 291 g/mol. The van der Waals surface area contributed by atoms with Crippen LogP contribution in [0.4, 0.5) is 10.1 Å². The van der Waals surface area contributed by atoms with E-state index >= 15 is 0 Å². The van der Waals surface area contributed by atoms with Crippen LogP contribution in [0.1, 0.15) is 0 Å². The number of halogens is 1. The number of hydrogen-bond donors (Lipinski definition) is 2. The molecule has 0 aliphatic heterocycles. The van der Waals surface area contributed by atoms with E-state index in [1.807, 2.05) is 6.07 Å². The minimum absolute atomic E-state index is 0.277. The molecule has 0 unspecified atom stereocenters. The number of nitrogens with one attached hydrogen (secondary N) is 2. The van der Waals surface area contributed by atoms with Gasteiger partial charge in [0.2, 0.25) is 10.0 Å². The average Bonchev–Trinajstić information content (AvgIpc) is 2.80. The molecule has 0 saturated heterocycles. The zero-order valence-electron chi connectivity index (χ0n) is 11.2. The fraction of sp³-hybridized carbons (Fsp3) is 0.0667. The van der Waals surface area contributed by atoms with Gasteiger partial charge in [-0.3, -0.25) is 4.72 Å². The van der Waals surface area contributed by atoms with Crippen LogP contribution in [0.15, 0.2) is 48.5 Å². The summed E-state index contributed by atoms with van der Waals surface area (Å²) < 4.78 is 37.9. The molecule has 0 spiro atoms. The Morgan fingerprint density at radius 2 is 1.76 bits per heavy atom. The fourth-order valence-corrected chi connectivity index (χ4v) is 2.76. The predicted octanol–water partition coefficient (Wildman–Crippen LogP) is 3.35. The Bertz CT molecular complexity index is 899. The Labute approximate surface area is 121 Å². The molecule has 1 heterocycles. The van der Waals surface area contributed by atoms with Gasteiger partial charge in [0, 0.05) is 22.3 Å². The number of anilines is 1. The molecule has 6 heteroatoms. The van der Waals surface area contributed by atoms with Gasteiger partial charge in [-0.1, -0.05) is 12.1 Å². The number of aromatic amines is 1. The highest BCUT2D eigenvalue weighted by molar-refractivity contribution is 7.92. The van der Waals surface area contributed by atoms with E-state index in [9.17, 15) is 12.8 Å². The van der Waals surface area contributed by atoms with Gasteiger partial charge < -0.3 is 4.98 Å². The van der Waals surface area contributed by atoms with E-state index in [1.165, 1.54) is 12.1 Å². The summed E-state index contributed by atoms with van der Waals surface area (Å²) in [5.41, 5.74) is 3.10. The third kappa shape index (κ3) is 3.05. The van der Waals surface area contributed by atoms with Crippen molar-refractivity contribution in [3.05, 3.63) is 54.3 Å². The molecule has 3 rings (SSSR count). The SMILES string of the molecule is CS(=O)(=O)Nc1ccc(-c2cc3cc(F)ccc3[nH]2)cc1. The molecule has 108 valence electrons. The minimum atomic E-state index is -3.28. The molecule has 0 atom stereocenters. The Balaban J connectivity index is 1.95. The summed E-state index contributed by atoms with van der Waals surface area (Å²) in [4.78, 5) is 3.20. The zero-order chi connectivity index (χ0) is 15.0. The van der Waals surface area contributed by atoms with E-state index < -0.39 is 10.0 Å². The van der Waals surface area contributed by atoms with Crippen LogP contribution in [0.3, 0.4) is 0 Å². The van der Waals surface area contributed by atoms with Crippen LogP contribution in [0, 0.1) is 5.82 Å².